The molecule has 5 rings (SSSR count). The van der Waals surface area contributed by atoms with E-state index in [0.717, 1.165) is 54.7 Å². The van der Waals surface area contributed by atoms with E-state index in [9.17, 15) is 0 Å². The number of aromatic nitrogens is 3. The normalized spacial score (nSPS) is 11.1. The van der Waals surface area contributed by atoms with Gasteiger partial charge in [0.2, 0.25) is 0 Å². The maximum absolute atomic E-state index is 6.02. The average molecular weight is 458 g/mol. The molecule has 0 aliphatic heterocycles. The van der Waals surface area contributed by atoms with Gasteiger partial charge in [-0.15, -0.1) is 0 Å². The first-order valence-corrected chi connectivity index (χ1v) is 11.3. The van der Waals surface area contributed by atoms with Gasteiger partial charge in [0, 0.05) is 27.4 Å². The van der Waals surface area contributed by atoms with E-state index < -0.39 is 0 Å². The number of hydrogen-bond donors (Lipinski definition) is 3. The highest BCUT2D eigenvalue weighted by molar-refractivity contribution is 7.97. The van der Waals surface area contributed by atoms with Crippen molar-refractivity contribution in [2.45, 2.75) is 4.90 Å². The summed E-state index contributed by atoms with van der Waals surface area (Å²) in [4.78, 5) is 13.3. The molecule has 0 atom stereocenters. The summed E-state index contributed by atoms with van der Waals surface area (Å²) in [6.07, 6.45) is 3.55. The van der Waals surface area contributed by atoms with E-state index in [1.165, 1.54) is 0 Å². The van der Waals surface area contributed by atoms with Crippen molar-refractivity contribution in [3.63, 3.8) is 0 Å². The Kier molecular flexibility index (Phi) is 5.81. The van der Waals surface area contributed by atoms with Crippen molar-refractivity contribution in [1.82, 2.24) is 19.7 Å². The monoisotopic (exact) mass is 457 g/mol. The first-order chi connectivity index (χ1) is 15.7. The summed E-state index contributed by atoms with van der Waals surface area (Å²) in [7, 11) is 1.91. The third-order valence-corrected chi connectivity index (χ3v) is 6.11. The van der Waals surface area contributed by atoms with Crippen molar-refractivity contribution in [3.8, 4) is 22.3 Å². The minimum atomic E-state index is 0.735. The van der Waals surface area contributed by atoms with Crippen LogP contribution in [0, 0.1) is 0 Å². The Morgan fingerprint density at radius 3 is 2.34 bits per heavy atom. The highest BCUT2D eigenvalue weighted by Gasteiger charge is 2.13. The van der Waals surface area contributed by atoms with Crippen LogP contribution in [-0.2, 0) is 0 Å². The van der Waals surface area contributed by atoms with Crippen LogP contribution >= 0.6 is 23.5 Å². The second-order valence-electron chi connectivity index (χ2n) is 7.19. The molecule has 0 bridgehead atoms. The standard InChI is InChI=1S/C25H20ClN5S/c1-27-32-21-4-2-3-20(13-21)31-25-23-22(14-28-24(23)29-15-30-25)18-7-5-16(6-8-18)17-9-11-19(26)12-10-17/h2-15,27H,1H3,(H2,28,29,30,31). The molecular formula is C25H20ClN5S. The fourth-order valence-electron chi connectivity index (χ4n) is 3.66. The Hall–Kier alpha value is -3.32. The highest BCUT2D eigenvalue weighted by atomic mass is 35.5. The zero-order valence-electron chi connectivity index (χ0n) is 17.3. The molecular weight excluding hydrogens is 438 g/mol. The number of nitrogens with one attached hydrogen (secondary N) is 3. The molecule has 3 N–H and O–H groups in total. The molecule has 5 nitrogen and oxygen atoms in total. The van der Waals surface area contributed by atoms with E-state index in [4.69, 9.17) is 11.6 Å². The summed E-state index contributed by atoms with van der Waals surface area (Å²) < 4.78 is 3.10. The number of aromatic amines is 1. The molecule has 0 saturated carbocycles. The van der Waals surface area contributed by atoms with Gasteiger partial charge in [-0.3, -0.25) is 4.72 Å². The van der Waals surface area contributed by atoms with Gasteiger partial charge in [-0.05, 0) is 66.0 Å². The summed E-state index contributed by atoms with van der Waals surface area (Å²) in [5.41, 5.74) is 6.16. The van der Waals surface area contributed by atoms with Crippen molar-refractivity contribution in [2.24, 2.45) is 0 Å². The number of H-pyrrole nitrogens is 1. The van der Waals surface area contributed by atoms with Gasteiger partial charge in [0.15, 0.2) is 0 Å². The Bertz CT molecular complexity index is 1360. The number of benzene rings is 3. The smallest absolute Gasteiger partial charge is 0.143 e. The summed E-state index contributed by atoms with van der Waals surface area (Å²) in [6, 6.07) is 24.5. The fourth-order valence-corrected chi connectivity index (χ4v) is 4.36. The largest absolute Gasteiger partial charge is 0.345 e. The zero-order chi connectivity index (χ0) is 21.9. The molecule has 0 aliphatic rings. The molecule has 0 amide bonds. The van der Waals surface area contributed by atoms with Crippen molar-refractivity contribution >= 4 is 46.1 Å². The lowest BCUT2D eigenvalue weighted by Crippen LogP contribution is -1.97. The molecule has 0 aliphatic carbocycles. The Labute approximate surface area is 195 Å². The van der Waals surface area contributed by atoms with E-state index >= 15 is 0 Å². The first kappa shape index (κ1) is 20.6. The van der Waals surface area contributed by atoms with Gasteiger partial charge in [-0.25, -0.2) is 9.97 Å². The molecule has 158 valence electrons. The summed E-state index contributed by atoms with van der Waals surface area (Å²) in [6.45, 7) is 0. The van der Waals surface area contributed by atoms with E-state index in [1.54, 1.807) is 18.3 Å². The van der Waals surface area contributed by atoms with Crippen LogP contribution in [-0.4, -0.2) is 22.0 Å². The second kappa shape index (κ2) is 9.04. The van der Waals surface area contributed by atoms with E-state index in [0.29, 0.717) is 0 Å². The lowest BCUT2D eigenvalue weighted by atomic mass is 10.0. The van der Waals surface area contributed by atoms with Crippen LogP contribution in [0.15, 0.2) is 90.2 Å². The predicted molar refractivity (Wildman–Crippen MR) is 134 cm³/mol. The maximum atomic E-state index is 6.02. The fraction of sp³-hybridized carbons (Fsp3) is 0.0400. The number of rotatable bonds is 6. The topological polar surface area (TPSA) is 65.6 Å². The molecule has 2 aromatic heterocycles. The summed E-state index contributed by atoms with van der Waals surface area (Å²) in [5, 5.41) is 5.15. The zero-order valence-corrected chi connectivity index (χ0v) is 18.8. The Morgan fingerprint density at radius 2 is 1.59 bits per heavy atom. The molecule has 0 unspecified atom stereocenters. The molecule has 0 radical (unpaired) electrons. The first-order valence-electron chi connectivity index (χ1n) is 10.1. The van der Waals surface area contributed by atoms with Crippen molar-refractivity contribution in [2.75, 3.05) is 12.4 Å². The SMILES string of the molecule is CNSc1cccc(Nc2ncnc3[nH]cc(-c4ccc(-c5ccc(Cl)cc5)cc4)c23)c1. The van der Waals surface area contributed by atoms with Gasteiger partial charge in [0.25, 0.3) is 0 Å². The van der Waals surface area contributed by atoms with Gasteiger partial charge >= 0.3 is 0 Å². The van der Waals surface area contributed by atoms with Crippen LogP contribution in [0.3, 0.4) is 0 Å². The van der Waals surface area contributed by atoms with Crippen LogP contribution in [0.1, 0.15) is 0 Å². The van der Waals surface area contributed by atoms with Gasteiger partial charge in [-0.2, -0.15) is 0 Å². The Balaban J connectivity index is 1.50. The van der Waals surface area contributed by atoms with Crippen molar-refractivity contribution < 1.29 is 0 Å². The molecule has 0 spiro atoms. The average Bonchev–Trinajstić information content (AvgIpc) is 3.26. The maximum Gasteiger partial charge on any atom is 0.143 e. The third kappa shape index (κ3) is 4.21. The van der Waals surface area contributed by atoms with Crippen molar-refractivity contribution in [1.29, 1.82) is 0 Å². The van der Waals surface area contributed by atoms with Crippen LogP contribution in [0.2, 0.25) is 5.02 Å². The lowest BCUT2D eigenvalue weighted by Gasteiger charge is -2.10. The van der Waals surface area contributed by atoms with Crippen molar-refractivity contribution in [3.05, 3.63) is 90.3 Å². The van der Waals surface area contributed by atoms with Gasteiger partial charge in [0.1, 0.15) is 17.8 Å². The number of hydrogen-bond acceptors (Lipinski definition) is 5. The molecule has 5 aromatic rings. The number of fused-ring (bicyclic) bond motifs is 1. The Morgan fingerprint density at radius 1 is 0.875 bits per heavy atom. The summed E-state index contributed by atoms with van der Waals surface area (Å²) in [5.74, 6) is 0.764. The van der Waals surface area contributed by atoms with Gasteiger partial charge < -0.3 is 10.3 Å². The van der Waals surface area contributed by atoms with Crippen LogP contribution < -0.4 is 10.0 Å². The van der Waals surface area contributed by atoms with Crippen LogP contribution in [0.25, 0.3) is 33.3 Å². The third-order valence-electron chi connectivity index (χ3n) is 5.16. The van der Waals surface area contributed by atoms with E-state index in [-0.39, 0.29) is 0 Å². The minimum absolute atomic E-state index is 0.735. The van der Waals surface area contributed by atoms with Crippen LogP contribution in [0.5, 0.6) is 0 Å². The van der Waals surface area contributed by atoms with Gasteiger partial charge in [0.05, 0.1) is 5.39 Å². The van der Waals surface area contributed by atoms with E-state index in [1.807, 2.05) is 49.6 Å². The second-order valence-corrected chi connectivity index (χ2v) is 8.71. The predicted octanol–water partition coefficient (Wildman–Crippen LogP) is 6.92. The van der Waals surface area contributed by atoms with Crippen LogP contribution in [0.4, 0.5) is 11.5 Å². The molecule has 0 fully saturated rings. The number of nitrogens with zero attached hydrogens (tertiary/aromatic N) is 2. The highest BCUT2D eigenvalue weighted by Crippen LogP contribution is 2.34. The minimum Gasteiger partial charge on any atom is -0.345 e. The molecule has 7 heteroatoms. The molecule has 32 heavy (non-hydrogen) atoms. The molecule has 2 heterocycles. The molecule has 0 saturated heterocycles. The molecule has 3 aromatic carbocycles. The van der Waals surface area contributed by atoms with Gasteiger partial charge in [-0.1, -0.05) is 54.1 Å². The lowest BCUT2D eigenvalue weighted by molar-refractivity contribution is 1.20. The van der Waals surface area contributed by atoms with E-state index in [2.05, 4.69) is 61.4 Å². The number of halogens is 1. The quantitative estimate of drug-likeness (QED) is 0.241. The number of anilines is 2. The summed E-state index contributed by atoms with van der Waals surface area (Å²) >= 11 is 7.59.